The Morgan fingerprint density at radius 1 is 1.40 bits per heavy atom. The normalized spacial score (nSPS) is 18.5. The highest BCUT2D eigenvalue weighted by Gasteiger charge is 2.24. The van der Waals surface area contributed by atoms with Gasteiger partial charge in [0.25, 0.3) is 0 Å². The lowest BCUT2D eigenvalue weighted by Crippen LogP contribution is -1.95. The molecule has 0 fully saturated rings. The average Bonchev–Trinajstić information content (AvgIpc) is 2.09. The summed E-state index contributed by atoms with van der Waals surface area (Å²) in [5, 5.41) is 0. The zero-order chi connectivity index (χ0) is 7.72. The summed E-state index contributed by atoms with van der Waals surface area (Å²) in [7, 11) is 0. The third-order valence-corrected chi connectivity index (χ3v) is 1.61. The van der Waals surface area contributed by atoms with Crippen LogP contribution in [0.15, 0.2) is 17.2 Å². The number of carbonyl (C=O) groups is 2. The van der Waals surface area contributed by atoms with E-state index in [2.05, 4.69) is 0 Å². The van der Waals surface area contributed by atoms with Gasteiger partial charge in [0.05, 0.1) is 6.42 Å². The molecule has 0 heterocycles. The fourth-order valence-corrected chi connectivity index (χ4v) is 0.951. The number of Topliss-reactive ketones (excluding diaryl/α,β-unsaturated/α-hetero) is 2. The van der Waals surface area contributed by atoms with Crippen molar-refractivity contribution in [1.82, 2.24) is 0 Å². The van der Waals surface area contributed by atoms with E-state index < -0.39 is 0 Å². The van der Waals surface area contributed by atoms with E-state index in [0.717, 1.165) is 0 Å². The van der Waals surface area contributed by atoms with Crippen molar-refractivity contribution in [2.75, 3.05) is 0 Å². The molecule has 1 rings (SSSR count). The van der Waals surface area contributed by atoms with Crippen LogP contribution in [0.3, 0.4) is 0 Å². The SMILES string of the molecule is [CH]=CC1=C(C)C(=O)CC1=O. The number of hydrogen-bond donors (Lipinski definition) is 0. The van der Waals surface area contributed by atoms with Gasteiger partial charge in [0.2, 0.25) is 0 Å². The molecule has 0 aromatic carbocycles. The second-order valence-electron chi connectivity index (χ2n) is 2.23. The first-order chi connectivity index (χ1) is 4.66. The van der Waals surface area contributed by atoms with E-state index in [1.165, 1.54) is 6.08 Å². The largest absolute Gasteiger partial charge is 0.294 e. The number of carbonyl (C=O) groups excluding carboxylic acids is 2. The molecule has 0 N–H and O–H groups in total. The Morgan fingerprint density at radius 2 is 2.00 bits per heavy atom. The smallest absolute Gasteiger partial charge is 0.170 e. The molecule has 2 nitrogen and oxygen atoms in total. The molecule has 2 heteroatoms. The van der Waals surface area contributed by atoms with Crippen molar-refractivity contribution >= 4 is 11.6 Å². The second-order valence-corrected chi connectivity index (χ2v) is 2.23. The first-order valence-electron chi connectivity index (χ1n) is 2.99. The van der Waals surface area contributed by atoms with E-state index in [9.17, 15) is 9.59 Å². The molecule has 0 saturated carbocycles. The molecule has 0 aliphatic heterocycles. The summed E-state index contributed by atoms with van der Waals surface area (Å²) in [5.74, 6) is -0.272. The van der Waals surface area contributed by atoms with Gasteiger partial charge in [-0.3, -0.25) is 9.59 Å². The van der Waals surface area contributed by atoms with Gasteiger partial charge in [-0.2, -0.15) is 0 Å². The Hall–Kier alpha value is -1.18. The number of ketones is 2. The molecule has 0 aromatic heterocycles. The zero-order valence-corrected chi connectivity index (χ0v) is 5.68. The van der Waals surface area contributed by atoms with Gasteiger partial charge >= 0.3 is 0 Å². The number of hydrogen-bond acceptors (Lipinski definition) is 2. The van der Waals surface area contributed by atoms with Gasteiger partial charge in [0.15, 0.2) is 11.6 Å². The summed E-state index contributed by atoms with van der Waals surface area (Å²) >= 11 is 0. The Bertz CT molecular complexity index is 246. The highest BCUT2D eigenvalue weighted by atomic mass is 16.2. The van der Waals surface area contributed by atoms with Crippen LogP contribution in [-0.4, -0.2) is 11.6 Å². The van der Waals surface area contributed by atoms with Gasteiger partial charge in [-0.15, -0.1) is 0 Å². The topological polar surface area (TPSA) is 34.1 Å². The molecule has 0 atom stereocenters. The van der Waals surface area contributed by atoms with Gasteiger partial charge in [0, 0.05) is 11.1 Å². The maximum atomic E-state index is 10.8. The minimum atomic E-state index is -0.162. The second kappa shape index (κ2) is 2.21. The van der Waals surface area contributed by atoms with E-state index >= 15 is 0 Å². The fraction of sp³-hybridized carbons (Fsp3) is 0.250. The van der Waals surface area contributed by atoms with Crippen molar-refractivity contribution < 1.29 is 9.59 Å². The van der Waals surface area contributed by atoms with Crippen molar-refractivity contribution in [3.05, 3.63) is 23.8 Å². The first kappa shape index (κ1) is 6.93. The van der Waals surface area contributed by atoms with Crippen LogP contribution in [0, 0.1) is 6.58 Å². The standard InChI is InChI=1S/C8H7O2/c1-3-6-5(2)7(9)4-8(6)10/h1,3H,4H2,2H3. The van der Waals surface area contributed by atoms with Crippen molar-refractivity contribution in [3.8, 4) is 0 Å². The molecule has 0 aromatic rings. The maximum absolute atomic E-state index is 10.8. The minimum absolute atomic E-state index is 0.00509. The van der Waals surface area contributed by atoms with Crippen LogP contribution in [0.2, 0.25) is 0 Å². The summed E-state index contributed by atoms with van der Waals surface area (Å²) in [5.41, 5.74) is 0.873. The van der Waals surface area contributed by atoms with Crippen LogP contribution in [0.5, 0.6) is 0 Å². The maximum Gasteiger partial charge on any atom is 0.170 e. The van der Waals surface area contributed by atoms with Gasteiger partial charge in [-0.05, 0) is 6.92 Å². The van der Waals surface area contributed by atoms with Crippen LogP contribution < -0.4 is 0 Å². The molecule has 0 spiro atoms. The molecule has 0 amide bonds. The molecule has 10 heavy (non-hydrogen) atoms. The lowest BCUT2D eigenvalue weighted by atomic mass is 10.2. The van der Waals surface area contributed by atoms with Gasteiger partial charge in [0.1, 0.15) is 0 Å². The predicted molar refractivity (Wildman–Crippen MR) is 36.2 cm³/mol. The number of rotatable bonds is 1. The van der Waals surface area contributed by atoms with E-state index in [-0.39, 0.29) is 18.0 Å². The molecule has 1 radical (unpaired) electrons. The zero-order valence-electron chi connectivity index (χ0n) is 5.68. The Labute approximate surface area is 59.2 Å². The molecule has 51 valence electrons. The molecular formula is C8H7O2. The highest BCUT2D eigenvalue weighted by molar-refractivity contribution is 6.23. The molecule has 0 unspecified atom stereocenters. The molecule has 0 bridgehead atoms. The Balaban J connectivity index is 3.13. The van der Waals surface area contributed by atoms with E-state index in [0.29, 0.717) is 11.1 Å². The van der Waals surface area contributed by atoms with Crippen LogP contribution >= 0.6 is 0 Å². The van der Waals surface area contributed by atoms with Crippen molar-refractivity contribution in [1.29, 1.82) is 0 Å². The summed E-state index contributed by atoms with van der Waals surface area (Å²) < 4.78 is 0. The lowest BCUT2D eigenvalue weighted by molar-refractivity contribution is -0.120. The molecule has 1 aliphatic carbocycles. The van der Waals surface area contributed by atoms with Crippen molar-refractivity contribution in [2.45, 2.75) is 13.3 Å². The summed E-state index contributed by atoms with van der Waals surface area (Å²) in [4.78, 5) is 21.6. The van der Waals surface area contributed by atoms with Crippen molar-refractivity contribution in [2.24, 2.45) is 0 Å². The predicted octanol–water partition coefficient (Wildman–Crippen LogP) is 0.834. The van der Waals surface area contributed by atoms with Crippen LogP contribution in [0.25, 0.3) is 0 Å². The number of allylic oxidation sites excluding steroid dienone is 3. The Kier molecular flexibility index (Phi) is 1.53. The van der Waals surface area contributed by atoms with E-state index in [1.54, 1.807) is 6.92 Å². The third-order valence-electron chi connectivity index (χ3n) is 1.61. The third kappa shape index (κ3) is 0.817. The minimum Gasteiger partial charge on any atom is -0.294 e. The van der Waals surface area contributed by atoms with Crippen LogP contribution in [0.1, 0.15) is 13.3 Å². The summed E-state index contributed by atoms with van der Waals surface area (Å²) in [6.07, 6.45) is 1.19. The van der Waals surface area contributed by atoms with Gasteiger partial charge in [-0.1, -0.05) is 12.7 Å². The quantitative estimate of drug-likeness (QED) is 0.499. The van der Waals surface area contributed by atoms with Gasteiger partial charge < -0.3 is 0 Å². The fourth-order valence-electron chi connectivity index (χ4n) is 0.951. The van der Waals surface area contributed by atoms with Crippen molar-refractivity contribution in [3.63, 3.8) is 0 Å². The summed E-state index contributed by atoms with van der Waals surface area (Å²) in [6, 6.07) is 0. The van der Waals surface area contributed by atoms with E-state index in [1.807, 2.05) is 0 Å². The van der Waals surface area contributed by atoms with Gasteiger partial charge in [-0.25, -0.2) is 0 Å². The van der Waals surface area contributed by atoms with Crippen LogP contribution in [-0.2, 0) is 9.59 Å². The highest BCUT2D eigenvalue weighted by Crippen LogP contribution is 2.19. The van der Waals surface area contributed by atoms with Crippen LogP contribution in [0.4, 0.5) is 0 Å². The Morgan fingerprint density at radius 3 is 2.20 bits per heavy atom. The molecule has 1 aliphatic rings. The average molecular weight is 135 g/mol. The summed E-state index contributed by atoms with van der Waals surface area (Å²) in [6.45, 7) is 6.74. The molecule has 0 saturated heterocycles. The molecular weight excluding hydrogens is 128 g/mol. The first-order valence-corrected chi connectivity index (χ1v) is 2.99. The van der Waals surface area contributed by atoms with E-state index in [4.69, 9.17) is 6.58 Å². The lowest BCUT2D eigenvalue weighted by Gasteiger charge is -1.87. The monoisotopic (exact) mass is 135 g/mol.